The maximum atomic E-state index is 8.73. The number of ether oxygens (including phenoxy) is 1. The van der Waals surface area contributed by atoms with Crippen molar-refractivity contribution >= 4 is 0 Å². The first kappa shape index (κ1) is 13.0. The van der Waals surface area contributed by atoms with Crippen LogP contribution in [0, 0.1) is 0 Å². The lowest BCUT2D eigenvalue weighted by Crippen LogP contribution is -2.10. The maximum absolute atomic E-state index is 8.73. The van der Waals surface area contributed by atoms with Gasteiger partial charge in [0.25, 0.3) is 0 Å². The van der Waals surface area contributed by atoms with Crippen molar-refractivity contribution in [3.63, 3.8) is 0 Å². The molecule has 0 fully saturated rings. The molecule has 0 radical (unpaired) electrons. The Balaban J connectivity index is 0.000000280. The van der Waals surface area contributed by atoms with Crippen molar-refractivity contribution in [1.29, 1.82) is 0 Å². The molecule has 0 saturated heterocycles. The fourth-order valence-corrected chi connectivity index (χ4v) is 0.629. The number of aliphatic hydroxyl groups excluding tert-OH is 1. The Morgan fingerprint density at radius 1 is 1.57 bits per heavy atom. The number of nitrogens with zero attached hydrogens (tertiary/aromatic N) is 3. The zero-order chi connectivity index (χ0) is 10.6. The van der Waals surface area contributed by atoms with Gasteiger partial charge in [0.1, 0.15) is 6.33 Å². The van der Waals surface area contributed by atoms with E-state index in [1.54, 1.807) is 6.92 Å². The molecule has 1 aromatic heterocycles. The molecule has 0 aliphatic heterocycles. The fraction of sp³-hybridized carbons (Fsp3) is 0.875. The highest BCUT2D eigenvalue weighted by atomic mass is 16.5. The summed E-state index contributed by atoms with van der Waals surface area (Å²) in [5, 5.41) is 20.8. The Kier molecular flexibility index (Phi) is 9.35. The van der Waals surface area contributed by atoms with Crippen LogP contribution in [0.1, 0.15) is 26.7 Å². The zero-order valence-corrected chi connectivity index (χ0v) is 8.68. The monoisotopic (exact) mass is 202 g/mol. The average Bonchev–Trinajstić information content (AvgIpc) is 2.70. The minimum atomic E-state index is -0.318. The van der Waals surface area contributed by atoms with Crippen molar-refractivity contribution in [2.45, 2.75) is 32.8 Å². The molecule has 0 amide bonds. The first-order valence-corrected chi connectivity index (χ1v) is 4.70. The highest BCUT2D eigenvalue weighted by Crippen LogP contribution is 1.89. The summed E-state index contributed by atoms with van der Waals surface area (Å²) >= 11 is 0. The third-order valence-electron chi connectivity index (χ3n) is 1.27. The van der Waals surface area contributed by atoms with Crippen LogP contribution in [-0.2, 0) is 4.74 Å². The van der Waals surface area contributed by atoms with Crippen molar-refractivity contribution < 1.29 is 9.84 Å². The van der Waals surface area contributed by atoms with Crippen LogP contribution in [0.4, 0.5) is 0 Å². The minimum absolute atomic E-state index is 0.318. The van der Waals surface area contributed by atoms with Crippen LogP contribution in [0.25, 0.3) is 0 Å². The summed E-state index contributed by atoms with van der Waals surface area (Å²) in [7, 11) is 0. The number of unbranched alkanes of at least 4 members (excludes halogenated alkanes) is 1. The smallest absolute Gasteiger partial charge is 0.135 e. The van der Waals surface area contributed by atoms with Gasteiger partial charge >= 0.3 is 0 Å². The molecule has 0 bridgehead atoms. The minimum Gasteiger partial charge on any atom is -0.391 e. The molecule has 1 unspecified atom stereocenters. The predicted molar refractivity (Wildman–Crippen MR) is 51.6 cm³/mol. The molecule has 1 atom stereocenters. The maximum Gasteiger partial charge on any atom is 0.135 e. The van der Waals surface area contributed by atoms with Crippen LogP contribution < -0.4 is 0 Å². The van der Waals surface area contributed by atoms with Crippen molar-refractivity contribution in [3.8, 4) is 0 Å². The van der Waals surface area contributed by atoms with Crippen LogP contribution in [0.15, 0.2) is 6.33 Å². The van der Waals surface area contributed by atoms with Crippen LogP contribution in [0.3, 0.4) is 0 Å². The molecule has 6 heteroatoms. The third kappa shape index (κ3) is 11.0. The zero-order valence-electron chi connectivity index (χ0n) is 8.68. The van der Waals surface area contributed by atoms with Gasteiger partial charge in [-0.25, -0.2) is 5.10 Å². The van der Waals surface area contributed by atoms with Crippen molar-refractivity contribution in [2.75, 3.05) is 13.2 Å². The van der Waals surface area contributed by atoms with E-state index in [1.807, 2.05) is 0 Å². The number of hydrogen-bond donors (Lipinski definition) is 2. The van der Waals surface area contributed by atoms with Gasteiger partial charge in [-0.15, -0.1) is 5.10 Å². The molecule has 6 nitrogen and oxygen atoms in total. The van der Waals surface area contributed by atoms with Gasteiger partial charge in [-0.1, -0.05) is 13.3 Å². The average molecular weight is 202 g/mol. The number of H-pyrrole nitrogens is 1. The number of hydrogen-bond acceptors (Lipinski definition) is 5. The van der Waals surface area contributed by atoms with E-state index in [0.29, 0.717) is 6.61 Å². The van der Waals surface area contributed by atoms with Crippen molar-refractivity contribution in [3.05, 3.63) is 6.33 Å². The van der Waals surface area contributed by atoms with Gasteiger partial charge in [0.05, 0.1) is 12.7 Å². The van der Waals surface area contributed by atoms with Gasteiger partial charge in [0, 0.05) is 6.61 Å². The number of tetrazole rings is 1. The van der Waals surface area contributed by atoms with Crippen molar-refractivity contribution in [2.24, 2.45) is 0 Å². The summed E-state index contributed by atoms with van der Waals surface area (Å²) in [6, 6.07) is 0. The van der Waals surface area contributed by atoms with E-state index in [2.05, 4.69) is 27.5 Å². The van der Waals surface area contributed by atoms with Crippen LogP contribution in [0.2, 0.25) is 0 Å². The summed E-state index contributed by atoms with van der Waals surface area (Å²) < 4.78 is 5.09. The molecule has 0 spiro atoms. The second kappa shape index (κ2) is 10.1. The second-order valence-corrected chi connectivity index (χ2v) is 2.84. The molecule has 2 N–H and O–H groups in total. The van der Waals surface area contributed by atoms with Crippen LogP contribution >= 0.6 is 0 Å². The Hall–Kier alpha value is -1.01. The summed E-state index contributed by atoms with van der Waals surface area (Å²) in [5.41, 5.74) is 0. The van der Waals surface area contributed by atoms with E-state index < -0.39 is 0 Å². The Bertz CT molecular complexity index is 162. The molecule has 14 heavy (non-hydrogen) atoms. The SMILES string of the molecule is CCCCOCC(C)O.c1nnn[nH]1. The highest BCUT2D eigenvalue weighted by Gasteiger charge is 1.92. The predicted octanol–water partition coefficient (Wildman–Crippen LogP) is 0.384. The number of nitrogens with one attached hydrogen (secondary N) is 1. The normalized spacial score (nSPS) is 11.6. The molecule has 1 rings (SSSR count). The largest absolute Gasteiger partial charge is 0.391 e. The van der Waals surface area contributed by atoms with E-state index in [1.165, 1.54) is 6.33 Å². The fourth-order valence-electron chi connectivity index (χ4n) is 0.629. The van der Waals surface area contributed by atoms with Gasteiger partial charge in [-0.05, 0) is 23.8 Å². The van der Waals surface area contributed by atoms with Crippen LogP contribution in [0.5, 0.6) is 0 Å². The van der Waals surface area contributed by atoms with E-state index in [4.69, 9.17) is 9.84 Å². The Morgan fingerprint density at radius 2 is 2.36 bits per heavy atom. The lowest BCUT2D eigenvalue weighted by Gasteiger charge is -2.03. The summed E-state index contributed by atoms with van der Waals surface area (Å²) in [6.45, 7) is 5.10. The Labute approximate surface area is 83.7 Å². The second-order valence-electron chi connectivity index (χ2n) is 2.84. The van der Waals surface area contributed by atoms with Gasteiger partial charge in [0.15, 0.2) is 0 Å². The van der Waals surface area contributed by atoms with Crippen molar-refractivity contribution in [1.82, 2.24) is 20.6 Å². The van der Waals surface area contributed by atoms with Gasteiger partial charge in [-0.2, -0.15) is 0 Å². The van der Waals surface area contributed by atoms with Gasteiger partial charge in [-0.3, -0.25) is 0 Å². The third-order valence-corrected chi connectivity index (χ3v) is 1.27. The topological polar surface area (TPSA) is 83.9 Å². The summed E-state index contributed by atoms with van der Waals surface area (Å²) in [4.78, 5) is 0. The quantitative estimate of drug-likeness (QED) is 0.674. The molecular weight excluding hydrogens is 184 g/mol. The molecular formula is C8H18N4O2. The molecule has 1 heterocycles. The van der Waals surface area contributed by atoms with Crippen LogP contribution in [-0.4, -0.2) is 45.0 Å². The molecule has 0 aromatic carbocycles. The summed E-state index contributed by atoms with van der Waals surface area (Å²) in [5.74, 6) is 0. The summed E-state index contributed by atoms with van der Waals surface area (Å²) in [6.07, 6.45) is 3.33. The Morgan fingerprint density at radius 3 is 2.71 bits per heavy atom. The number of aromatic nitrogens is 4. The lowest BCUT2D eigenvalue weighted by molar-refractivity contribution is 0.0450. The highest BCUT2D eigenvalue weighted by molar-refractivity contribution is 4.40. The van der Waals surface area contributed by atoms with E-state index in [9.17, 15) is 0 Å². The number of rotatable bonds is 5. The van der Waals surface area contributed by atoms with E-state index in [-0.39, 0.29) is 6.10 Å². The van der Waals surface area contributed by atoms with Gasteiger partial charge < -0.3 is 9.84 Å². The van der Waals surface area contributed by atoms with E-state index >= 15 is 0 Å². The lowest BCUT2D eigenvalue weighted by atomic mass is 10.4. The first-order chi connectivity index (χ1) is 6.77. The molecule has 0 saturated carbocycles. The number of aromatic amines is 1. The molecule has 0 aliphatic rings. The number of aliphatic hydroxyl groups is 1. The molecule has 1 aromatic rings. The van der Waals surface area contributed by atoms with E-state index in [0.717, 1.165) is 19.4 Å². The standard InChI is InChI=1S/C7H16O2.CH2N4/c1-3-4-5-9-6-7(2)8;1-2-4-5-3-1/h7-8H,3-6H2,1-2H3;1H,(H,2,3,4,5). The molecule has 0 aliphatic carbocycles. The molecule has 82 valence electrons. The van der Waals surface area contributed by atoms with Gasteiger partial charge in [0.2, 0.25) is 0 Å². The first-order valence-electron chi connectivity index (χ1n) is 4.70.